The quantitative estimate of drug-likeness (QED) is 0.725. The van der Waals surface area contributed by atoms with Gasteiger partial charge in [0.2, 0.25) is 5.91 Å². The van der Waals surface area contributed by atoms with Crippen LogP contribution in [0.3, 0.4) is 0 Å². The molecular formula is C16H17N3O5. The fourth-order valence-corrected chi connectivity index (χ4v) is 2.22. The van der Waals surface area contributed by atoms with Gasteiger partial charge in [0.25, 0.3) is 5.91 Å². The fourth-order valence-electron chi connectivity index (χ4n) is 2.22. The monoisotopic (exact) mass is 331 g/mol. The zero-order chi connectivity index (χ0) is 17.7. The summed E-state index contributed by atoms with van der Waals surface area (Å²) in [5, 5.41) is 11.3. The standard InChI is InChI=1S/C16H17N3O5/c1-17-15(22)14(12(21)8-20)19(2)16(23)11-5-3-10(4-6-11)13-7-18-9-24-13/h3-7,9,14,20H,8H2,1-2H3,(H,17,22). The molecule has 1 aromatic carbocycles. The highest BCUT2D eigenvalue weighted by atomic mass is 16.3. The van der Waals surface area contributed by atoms with Crippen molar-refractivity contribution in [2.75, 3.05) is 20.7 Å². The van der Waals surface area contributed by atoms with Crippen molar-refractivity contribution >= 4 is 17.6 Å². The SMILES string of the molecule is CNC(=O)C(C(=O)CO)N(C)C(=O)c1ccc(-c2cnco2)cc1. The molecule has 0 saturated heterocycles. The number of rotatable bonds is 6. The van der Waals surface area contributed by atoms with Crippen molar-refractivity contribution in [1.29, 1.82) is 0 Å². The summed E-state index contributed by atoms with van der Waals surface area (Å²) in [6.07, 6.45) is 2.85. The molecule has 24 heavy (non-hydrogen) atoms. The van der Waals surface area contributed by atoms with Gasteiger partial charge in [0.05, 0.1) is 6.20 Å². The van der Waals surface area contributed by atoms with Gasteiger partial charge in [-0.25, -0.2) is 4.98 Å². The van der Waals surface area contributed by atoms with Gasteiger partial charge in [-0.15, -0.1) is 0 Å². The number of carbonyl (C=O) groups excluding carboxylic acids is 3. The molecule has 0 aliphatic carbocycles. The van der Waals surface area contributed by atoms with Crippen LogP contribution < -0.4 is 5.32 Å². The minimum absolute atomic E-state index is 0.292. The van der Waals surface area contributed by atoms with Gasteiger partial charge < -0.3 is 19.7 Å². The number of nitrogens with zero attached hydrogens (tertiary/aromatic N) is 2. The predicted octanol–water partition coefficient (Wildman–Crippen LogP) is 0.0896. The van der Waals surface area contributed by atoms with Crippen LogP contribution in [0.5, 0.6) is 0 Å². The third-order valence-corrected chi connectivity index (χ3v) is 3.51. The number of hydrogen-bond donors (Lipinski definition) is 2. The zero-order valence-corrected chi connectivity index (χ0v) is 13.2. The summed E-state index contributed by atoms with van der Waals surface area (Å²) < 4.78 is 5.17. The van der Waals surface area contributed by atoms with Crippen molar-refractivity contribution < 1.29 is 23.9 Å². The number of Topliss-reactive ketones (excluding diaryl/α,β-unsaturated/α-hetero) is 1. The van der Waals surface area contributed by atoms with E-state index in [1.807, 2.05) is 0 Å². The molecular weight excluding hydrogens is 314 g/mol. The molecule has 1 unspecified atom stereocenters. The lowest BCUT2D eigenvalue weighted by Gasteiger charge is -2.25. The van der Waals surface area contributed by atoms with Crippen molar-refractivity contribution in [2.45, 2.75) is 6.04 Å². The number of aromatic nitrogens is 1. The van der Waals surface area contributed by atoms with Crippen molar-refractivity contribution in [3.05, 3.63) is 42.4 Å². The number of ketones is 1. The molecule has 1 heterocycles. The number of likely N-dealkylation sites (N-methyl/N-ethyl adjacent to an activating group) is 2. The van der Waals surface area contributed by atoms with Gasteiger partial charge >= 0.3 is 0 Å². The molecule has 2 N–H and O–H groups in total. The Hall–Kier alpha value is -3.00. The normalized spacial score (nSPS) is 11.6. The van der Waals surface area contributed by atoms with Gasteiger partial charge in [-0.3, -0.25) is 14.4 Å². The maximum absolute atomic E-state index is 12.5. The van der Waals surface area contributed by atoms with Gasteiger partial charge in [-0.1, -0.05) is 12.1 Å². The largest absolute Gasteiger partial charge is 0.444 e. The van der Waals surface area contributed by atoms with E-state index >= 15 is 0 Å². The molecule has 2 rings (SSSR count). The van der Waals surface area contributed by atoms with Crippen LogP contribution in [0.2, 0.25) is 0 Å². The molecule has 0 bridgehead atoms. The topological polar surface area (TPSA) is 113 Å². The zero-order valence-electron chi connectivity index (χ0n) is 13.2. The fraction of sp³-hybridized carbons (Fsp3) is 0.250. The van der Waals surface area contributed by atoms with Crippen LogP contribution in [0.1, 0.15) is 10.4 Å². The Morgan fingerprint density at radius 2 is 1.96 bits per heavy atom. The van der Waals surface area contributed by atoms with Crippen LogP contribution in [0, 0.1) is 0 Å². The molecule has 0 radical (unpaired) electrons. The molecule has 8 nitrogen and oxygen atoms in total. The summed E-state index contributed by atoms with van der Waals surface area (Å²) in [5.74, 6) is -1.39. The highest BCUT2D eigenvalue weighted by Crippen LogP contribution is 2.19. The van der Waals surface area contributed by atoms with Gasteiger partial charge in [0, 0.05) is 25.2 Å². The van der Waals surface area contributed by atoms with E-state index in [1.54, 1.807) is 30.5 Å². The number of aliphatic hydroxyl groups excluding tert-OH is 1. The lowest BCUT2D eigenvalue weighted by Crippen LogP contribution is -2.52. The summed E-state index contributed by atoms with van der Waals surface area (Å²) in [6.45, 7) is -0.833. The van der Waals surface area contributed by atoms with E-state index in [-0.39, 0.29) is 0 Å². The van der Waals surface area contributed by atoms with Crippen LogP contribution in [0.15, 0.2) is 41.3 Å². The summed E-state index contributed by atoms with van der Waals surface area (Å²) >= 11 is 0. The Morgan fingerprint density at radius 3 is 2.46 bits per heavy atom. The van der Waals surface area contributed by atoms with Gasteiger partial charge in [0.1, 0.15) is 6.61 Å². The molecule has 0 aliphatic rings. The molecule has 0 spiro atoms. The molecule has 126 valence electrons. The van der Waals surface area contributed by atoms with E-state index in [0.717, 1.165) is 10.5 Å². The first kappa shape index (κ1) is 17.4. The maximum Gasteiger partial charge on any atom is 0.254 e. The molecule has 8 heteroatoms. The van der Waals surface area contributed by atoms with E-state index in [2.05, 4.69) is 10.3 Å². The molecule has 0 saturated carbocycles. The number of amides is 2. The Labute approximate surface area is 138 Å². The van der Waals surface area contributed by atoms with Crippen LogP contribution in [-0.2, 0) is 9.59 Å². The van der Waals surface area contributed by atoms with E-state index in [1.165, 1.54) is 20.5 Å². The number of oxazole rings is 1. The average Bonchev–Trinajstić information content (AvgIpc) is 3.15. The second-order valence-corrected chi connectivity index (χ2v) is 5.00. The number of carbonyl (C=O) groups is 3. The van der Waals surface area contributed by atoms with E-state index in [4.69, 9.17) is 9.52 Å². The first-order chi connectivity index (χ1) is 11.5. The van der Waals surface area contributed by atoms with Crippen LogP contribution >= 0.6 is 0 Å². The molecule has 1 aromatic heterocycles. The van der Waals surface area contributed by atoms with Crippen molar-refractivity contribution in [3.8, 4) is 11.3 Å². The highest BCUT2D eigenvalue weighted by molar-refractivity contribution is 6.10. The molecule has 0 aliphatic heterocycles. The van der Waals surface area contributed by atoms with Crippen LogP contribution in [-0.4, -0.2) is 59.3 Å². The van der Waals surface area contributed by atoms with Crippen molar-refractivity contribution in [3.63, 3.8) is 0 Å². The summed E-state index contributed by atoms with van der Waals surface area (Å²) in [6, 6.07) is 5.07. The molecule has 1 atom stereocenters. The number of hydrogen-bond acceptors (Lipinski definition) is 6. The number of nitrogens with one attached hydrogen (secondary N) is 1. The Balaban J connectivity index is 2.22. The lowest BCUT2D eigenvalue weighted by atomic mass is 10.1. The minimum atomic E-state index is -1.39. The van der Waals surface area contributed by atoms with Gasteiger partial charge in [-0.2, -0.15) is 0 Å². The third-order valence-electron chi connectivity index (χ3n) is 3.51. The molecule has 0 fully saturated rings. The Kier molecular flexibility index (Phi) is 5.43. The number of benzene rings is 1. The first-order valence-electron chi connectivity index (χ1n) is 7.10. The van der Waals surface area contributed by atoms with Crippen LogP contribution in [0.25, 0.3) is 11.3 Å². The van der Waals surface area contributed by atoms with E-state index in [9.17, 15) is 14.4 Å². The smallest absolute Gasteiger partial charge is 0.254 e. The Morgan fingerprint density at radius 1 is 1.29 bits per heavy atom. The predicted molar refractivity (Wildman–Crippen MR) is 84.0 cm³/mol. The van der Waals surface area contributed by atoms with E-state index < -0.39 is 30.2 Å². The van der Waals surface area contributed by atoms with Gasteiger partial charge in [-0.05, 0) is 12.1 Å². The summed E-state index contributed by atoms with van der Waals surface area (Å²) in [7, 11) is 2.69. The first-order valence-corrected chi connectivity index (χ1v) is 7.10. The van der Waals surface area contributed by atoms with Crippen LogP contribution in [0.4, 0.5) is 0 Å². The summed E-state index contributed by atoms with van der Waals surface area (Å²) in [5.41, 5.74) is 1.03. The average molecular weight is 331 g/mol. The second kappa shape index (κ2) is 7.51. The minimum Gasteiger partial charge on any atom is -0.444 e. The Bertz CT molecular complexity index is 709. The van der Waals surface area contributed by atoms with Crippen molar-refractivity contribution in [1.82, 2.24) is 15.2 Å². The highest BCUT2D eigenvalue weighted by Gasteiger charge is 2.32. The lowest BCUT2D eigenvalue weighted by molar-refractivity contribution is -0.135. The maximum atomic E-state index is 12.5. The summed E-state index contributed by atoms with van der Waals surface area (Å²) in [4.78, 5) is 40.9. The van der Waals surface area contributed by atoms with Crippen molar-refractivity contribution in [2.24, 2.45) is 0 Å². The molecule has 2 amide bonds. The third kappa shape index (κ3) is 3.49. The number of aliphatic hydroxyl groups is 1. The molecule has 2 aromatic rings. The van der Waals surface area contributed by atoms with Gasteiger partial charge in [0.15, 0.2) is 24.0 Å². The second-order valence-electron chi connectivity index (χ2n) is 5.00. The van der Waals surface area contributed by atoms with E-state index in [0.29, 0.717) is 11.3 Å².